The van der Waals surface area contributed by atoms with E-state index in [0.29, 0.717) is 5.41 Å². The minimum absolute atomic E-state index is 0.707. The van der Waals surface area contributed by atoms with Crippen molar-refractivity contribution in [2.45, 2.75) is 58.4 Å². The van der Waals surface area contributed by atoms with E-state index in [1.54, 1.807) is 0 Å². The lowest BCUT2D eigenvalue weighted by atomic mass is 10.1. The zero-order valence-corrected chi connectivity index (χ0v) is 9.18. The van der Waals surface area contributed by atoms with Gasteiger partial charge in [0.1, 0.15) is 0 Å². The van der Waals surface area contributed by atoms with Crippen LogP contribution < -0.4 is 0 Å². The normalized spacial score (nSPS) is 34.2. The van der Waals surface area contributed by atoms with E-state index in [1.165, 1.54) is 51.6 Å². The van der Waals surface area contributed by atoms with Gasteiger partial charge in [0.05, 0.1) is 0 Å². The van der Waals surface area contributed by atoms with Gasteiger partial charge in [0.25, 0.3) is 0 Å². The molecule has 1 aliphatic heterocycles. The maximum atomic E-state index is 2.74. The first-order valence-electron chi connectivity index (χ1n) is 5.94. The van der Waals surface area contributed by atoms with Crippen LogP contribution in [-0.4, -0.2) is 24.0 Å². The van der Waals surface area contributed by atoms with Gasteiger partial charge in [-0.05, 0) is 44.6 Å². The maximum Gasteiger partial charge on any atom is 0.00671 e. The fourth-order valence-corrected chi connectivity index (χ4v) is 2.43. The first kappa shape index (κ1) is 9.51. The van der Waals surface area contributed by atoms with Crippen LogP contribution in [0.2, 0.25) is 0 Å². The van der Waals surface area contributed by atoms with E-state index >= 15 is 0 Å². The molecule has 1 saturated carbocycles. The molecule has 1 heterocycles. The van der Waals surface area contributed by atoms with Crippen molar-refractivity contribution in [3.63, 3.8) is 0 Å². The van der Waals surface area contributed by atoms with Gasteiger partial charge in [-0.25, -0.2) is 0 Å². The molecule has 1 saturated heterocycles. The average Bonchev–Trinajstić information content (AvgIpc) is 2.82. The molecule has 13 heavy (non-hydrogen) atoms. The molecule has 1 aliphatic carbocycles. The summed E-state index contributed by atoms with van der Waals surface area (Å²) in [5.41, 5.74) is 0.707. The Morgan fingerprint density at radius 3 is 2.69 bits per heavy atom. The molecule has 0 bridgehead atoms. The van der Waals surface area contributed by atoms with Gasteiger partial charge in [-0.15, -0.1) is 0 Å². The predicted octanol–water partition coefficient (Wildman–Crippen LogP) is 3.05. The molecule has 0 spiro atoms. The summed E-state index contributed by atoms with van der Waals surface area (Å²) < 4.78 is 0. The molecule has 0 amide bonds. The Balaban J connectivity index is 1.87. The fourth-order valence-electron chi connectivity index (χ4n) is 2.43. The van der Waals surface area contributed by atoms with Crippen molar-refractivity contribution < 1.29 is 0 Å². The highest BCUT2D eigenvalue weighted by Crippen LogP contribution is 2.46. The lowest BCUT2D eigenvalue weighted by molar-refractivity contribution is 0.178. The van der Waals surface area contributed by atoms with Gasteiger partial charge in [0.2, 0.25) is 0 Å². The summed E-state index contributed by atoms with van der Waals surface area (Å²) >= 11 is 0. The molecular formula is C12H23N. The lowest BCUT2D eigenvalue weighted by Crippen LogP contribution is -2.36. The van der Waals surface area contributed by atoms with E-state index in [0.717, 1.165) is 6.04 Å². The molecule has 76 valence electrons. The van der Waals surface area contributed by atoms with Crippen molar-refractivity contribution in [1.29, 1.82) is 0 Å². The summed E-state index contributed by atoms with van der Waals surface area (Å²) in [5, 5.41) is 0. The Bertz CT molecular complexity index is 172. The van der Waals surface area contributed by atoms with Gasteiger partial charge in [-0.2, -0.15) is 0 Å². The molecule has 0 aromatic rings. The van der Waals surface area contributed by atoms with Crippen LogP contribution in [-0.2, 0) is 0 Å². The first-order chi connectivity index (χ1) is 6.20. The molecular weight excluding hydrogens is 158 g/mol. The third-order valence-electron chi connectivity index (χ3n) is 3.88. The highest BCUT2D eigenvalue weighted by molar-refractivity contribution is 4.92. The van der Waals surface area contributed by atoms with Crippen molar-refractivity contribution in [2.24, 2.45) is 5.41 Å². The van der Waals surface area contributed by atoms with Gasteiger partial charge in [0, 0.05) is 12.6 Å². The van der Waals surface area contributed by atoms with Crippen molar-refractivity contribution >= 4 is 0 Å². The second-order valence-corrected chi connectivity index (χ2v) is 5.48. The summed E-state index contributed by atoms with van der Waals surface area (Å²) in [5.74, 6) is 0. The molecule has 0 N–H and O–H groups in total. The molecule has 2 aliphatic rings. The SMILES string of the molecule is CC1CCCCCN1CC1(C)CC1. The van der Waals surface area contributed by atoms with Crippen LogP contribution in [0.5, 0.6) is 0 Å². The molecule has 2 rings (SSSR count). The van der Waals surface area contributed by atoms with Crippen molar-refractivity contribution in [3.8, 4) is 0 Å². The van der Waals surface area contributed by atoms with E-state index in [4.69, 9.17) is 0 Å². The highest BCUT2D eigenvalue weighted by Gasteiger charge is 2.39. The summed E-state index contributed by atoms with van der Waals surface area (Å²) in [6, 6.07) is 0.847. The number of likely N-dealkylation sites (tertiary alicyclic amines) is 1. The zero-order chi connectivity index (χ0) is 9.31. The van der Waals surface area contributed by atoms with Crippen LogP contribution in [0.4, 0.5) is 0 Å². The quantitative estimate of drug-likeness (QED) is 0.633. The molecule has 2 fully saturated rings. The van der Waals surface area contributed by atoms with Gasteiger partial charge >= 0.3 is 0 Å². The van der Waals surface area contributed by atoms with Gasteiger partial charge in [-0.1, -0.05) is 19.8 Å². The zero-order valence-electron chi connectivity index (χ0n) is 9.18. The standard InChI is InChI=1S/C12H23N/c1-11-6-4-3-5-9-13(11)10-12(2)7-8-12/h11H,3-10H2,1-2H3. The number of nitrogens with zero attached hydrogens (tertiary/aromatic N) is 1. The molecule has 0 aromatic heterocycles. The smallest absolute Gasteiger partial charge is 0.00671 e. The van der Waals surface area contributed by atoms with Crippen LogP contribution in [0.25, 0.3) is 0 Å². The second-order valence-electron chi connectivity index (χ2n) is 5.48. The predicted molar refractivity (Wildman–Crippen MR) is 56.8 cm³/mol. The Hall–Kier alpha value is -0.0400. The second kappa shape index (κ2) is 3.61. The van der Waals surface area contributed by atoms with Crippen LogP contribution in [0.15, 0.2) is 0 Å². The Kier molecular flexibility index (Phi) is 2.64. The minimum atomic E-state index is 0.707. The lowest BCUT2D eigenvalue weighted by Gasteiger charge is -2.29. The topological polar surface area (TPSA) is 3.24 Å². The average molecular weight is 181 g/mol. The Morgan fingerprint density at radius 1 is 1.23 bits per heavy atom. The van der Waals surface area contributed by atoms with Crippen molar-refractivity contribution in [1.82, 2.24) is 4.90 Å². The van der Waals surface area contributed by atoms with Gasteiger partial charge in [-0.3, -0.25) is 0 Å². The maximum absolute atomic E-state index is 2.74. The van der Waals surface area contributed by atoms with Crippen LogP contribution in [0.1, 0.15) is 52.4 Å². The first-order valence-corrected chi connectivity index (χ1v) is 5.94. The van der Waals surface area contributed by atoms with Crippen LogP contribution in [0, 0.1) is 5.41 Å². The minimum Gasteiger partial charge on any atom is -0.300 e. The molecule has 1 unspecified atom stereocenters. The Morgan fingerprint density at radius 2 is 2.00 bits per heavy atom. The van der Waals surface area contributed by atoms with Gasteiger partial charge < -0.3 is 4.90 Å². The van der Waals surface area contributed by atoms with E-state index in [1.807, 2.05) is 0 Å². The largest absolute Gasteiger partial charge is 0.300 e. The molecule has 1 heteroatoms. The third-order valence-corrected chi connectivity index (χ3v) is 3.88. The van der Waals surface area contributed by atoms with Crippen LogP contribution in [0.3, 0.4) is 0 Å². The number of hydrogen-bond acceptors (Lipinski definition) is 1. The van der Waals surface area contributed by atoms with E-state index in [2.05, 4.69) is 18.7 Å². The summed E-state index contributed by atoms with van der Waals surface area (Å²) in [4.78, 5) is 2.74. The summed E-state index contributed by atoms with van der Waals surface area (Å²) in [6.45, 7) is 7.59. The van der Waals surface area contributed by atoms with E-state index < -0.39 is 0 Å². The molecule has 1 nitrogen and oxygen atoms in total. The fraction of sp³-hybridized carbons (Fsp3) is 1.00. The summed E-state index contributed by atoms with van der Waals surface area (Å²) in [6.07, 6.45) is 8.70. The molecule has 0 radical (unpaired) electrons. The van der Waals surface area contributed by atoms with Gasteiger partial charge in [0.15, 0.2) is 0 Å². The third kappa shape index (κ3) is 2.46. The van der Waals surface area contributed by atoms with Crippen molar-refractivity contribution in [2.75, 3.05) is 13.1 Å². The van der Waals surface area contributed by atoms with E-state index in [9.17, 15) is 0 Å². The van der Waals surface area contributed by atoms with Crippen LogP contribution >= 0.6 is 0 Å². The number of hydrogen-bond donors (Lipinski definition) is 0. The summed E-state index contributed by atoms with van der Waals surface area (Å²) in [7, 11) is 0. The highest BCUT2D eigenvalue weighted by atomic mass is 15.2. The molecule has 0 aromatic carbocycles. The number of rotatable bonds is 2. The monoisotopic (exact) mass is 181 g/mol. The molecule has 1 atom stereocenters. The van der Waals surface area contributed by atoms with Crippen molar-refractivity contribution in [3.05, 3.63) is 0 Å². The van der Waals surface area contributed by atoms with E-state index in [-0.39, 0.29) is 0 Å². The Labute approximate surface area is 82.5 Å².